The SMILES string of the molecule is CCCn1cc(N)cc1C(=O)NCC1CCCN1CC. The third-order valence-corrected chi connectivity index (χ3v) is 4.02. The number of hydrogen-bond donors (Lipinski definition) is 2. The molecule has 1 unspecified atom stereocenters. The van der Waals surface area contributed by atoms with Gasteiger partial charge >= 0.3 is 0 Å². The van der Waals surface area contributed by atoms with E-state index in [1.165, 1.54) is 12.8 Å². The van der Waals surface area contributed by atoms with Crippen LogP contribution in [0.4, 0.5) is 5.69 Å². The Bertz CT molecular complexity index is 455. The van der Waals surface area contributed by atoms with E-state index in [0.29, 0.717) is 17.4 Å². The second-order valence-electron chi connectivity index (χ2n) is 5.49. The third-order valence-electron chi connectivity index (χ3n) is 4.02. The summed E-state index contributed by atoms with van der Waals surface area (Å²) < 4.78 is 1.94. The topological polar surface area (TPSA) is 63.3 Å². The lowest BCUT2D eigenvalue weighted by Crippen LogP contribution is -2.40. The van der Waals surface area contributed by atoms with E-state index < -0.39 is 0 Å². The molecule has 1 fully saturated rings. The van der Waals surface area contributed by atoms with Gasteiger partial charge in [0.1, 0.15) is 5.69 Å². The molecule has 5 nitrogen and oxygen atoms in total. The molecule has 2 rings (SSSR count). The van der Waals surface area contributed by atoms with Gasteiger partial charge in [-0.25, -0.2) is 0 Å². The maximum atomic E-state index is 12.3. The molecule has 0 radical (unpaired) electrons. The number of likely N-dealkylation sites (tertiary alicyclic amines) is 1. The Morgan fingerprint density at radius 1 is 1.50 bits per heavy atom. The van der Waals surface area contributed by atoms with E-state index in [1.54, 1.807) is 6.07 Å². The van der Waals surface area contributed by atoms with Gasteiger partial charge in [0.05, 0.1) is 5.69 Å². The predicted octanol–water partition coefficient (Wildman–Crippen LogP) is 1.69. The quantitative estimate of drug-likeness (QED) is 0.832. The smallest absolute Gasteiger partial charge is 0.268 e. The van der Waals surface area contributed by atoms with Crippen molar-refractivity contribution in [3.8, 4) is 0 Å². The summed E-state index contributed by atoms with van der Waals surface area (Å²) in [6.45, 7) is 8.02. The molecule has 2 heterocycles. The zero-order valence-electron chi connectivity index (χ0n) is 12.6. The number of hydrogen-bond acceptors (Lipinski definition) is 3. The molecule has 1 aromatic heterocycles. The summed E-state index contributed by atoms with van der Waals surface area (Å²) in [5, 5.41) is 3.06. The normalized spacial score (nSPS) is 19.4. The first-order valence-corrected chi connectivity index (χ1v) is 7.63. The predicted molar refractivity (Wildman–Crippen MR) is 81.7 cm³/mol. The molecule has 0 aliphatic carbocycles. The summed E-state index contributed by atoms with van der Waals surface area (Å²) in [5.41, 5.74) is 7.12. The molecule has 1 saturated heterocycles. The van der Waals surface area contributed by atoms with Crippen molar-refractivity contribution in [2.24, 2.45) is 0 Å². The van der Waals surface area contributed by atoms with Crippen molar-refractivity contribution in [3.05, 3.63) is 18.0 Å². The van der Waals surface area contributed by atoms with Crippen molar-refractivity contribution < 1.29 is 4.79 Å². The monoisotopic (exact) mass is 278 g/mol. The maximum absolute atomic E-state index is 12.3. The van der Waals surface area contributed by atoms with E-state index in [-0.39, 0.29) is 5.91 Å². The Hall–Kier alpha value is -1.49. The zero-order valence-corrected chi connectivity index (χ0v) is 12.6. The van der Waals surface area contributed by atoms with Crippen molar-refractivity contribution in [2.75, 3.05) is 25.4 Å². The van der Waals surface area contributed by atoms with Gasteiger partial charge in [0.15, 0.2) is 0 Å². The molecular weight excluding hydrogens is 252 g/mol. The Morgan fingerprint density at radius 2 is 2.30 bits per heavy atom. The first-order valence-electron chi connectivity index (χ1n) is 7.63. The molecule has 1 aliphatic heterocycles. The van der Waals surface area contributed by atoms with Gasteiger partial charge in [0.25, 0.3) is 5.91 Å². The number of nitrogen functional groups attached to an aromatic ring is 1. The standard InChI is InChI=1S/C15H26N4O/c1-3-7-19-11-12(16)9-14(19)15(20)17-10-13-6-5-8-18(13)4-2/h9,11,13H,3-8,10,16H2,1-2H3,(H,17,20). The largest absolute Gasteiger partial charge is 0.397 e. The van der Waals surface area contributed by atoms with E-state index in [2.05, 4.69) is 24.1 Å². The fourth-order valence-corrected chi connectivity index (χ4v) is 2.99. The molecule has 3 N–H and O–H groups in total. The van der Waals surface area contributed by atoms with Gasteiger partial charge in [-0.15, -0.1) is 0 Å². The highest BCUT2D eigenvalue weighted by molar-refractivity contribution is 5.93. The van der Waals surface area contributed by atoms with Crippen molar-refractivity contribution in [1.82, 2.24) is 14.8 Å². The number of nitrogens with zero attached hydrogens (tertiary/aromatic N) is 2. The Morgan fingerprint density at radius 3 is 3.00 bits per heavy atom. The zero-order chi connectivity index (χ0) is 14.5. The molecule has 0 spiro atoms. The highest BCUT2D eigenvalue weighted by atomic mass is 16.1. The van der Waals surface area contributed by atoms with Gasteiger partial charge in [-0.3, -0.25) is 9.69 Å². The fraction of sp³-hybridized carbons (Fsp3) is 0.667. The lowest BCUT2D eigenvalue weighted by Gasteiger charge is -2.23. The number of aromatic nitrogens is 1. The minimum absolute atomic E-state index is 0.0156. The molecule has 1 amide bonds. The molecule has 1 aliphatic rings. The molecule has 1 aromatic rings. The lowest BCUT2D eigenvalue weighted by molar-refractivity contribution is 0.0932. The lowest BCUT2D eigenvalue weighted by atomic mass is 10.2. The summed E-state index contributed by atoms with van der Waals surface area (Å²) in [4.78, 5) is 14.7. The highest BCUT2D eigenvalue weighted by Gasteiger charge is 2.23. The Kier molecular flexibility index (Phi) is 5.06. The molecule has 1 atom stereocenters. The highest BCUT2D eigenvalue weighted by Crippen LogP contribution is 2.16. The number of carbonyl (C=O) groups excluding carboxylic acids is 1. The summed E-state index contributed by atoms with van der Waals surface area (Å²) in [6.07, 6.45) is 5.23. The average Bonchev–Trinajstić information content (AvgIpc) is 3.02. The number of nitrogens with one attached hydrogen (secondary N) is 1. The van der Waals surface area contributed by atoms with Crippen molar-refractivity contribution in [2.45, 2.75) is 45.7 Å². The van der Waals surface area contributed by atoms with E-state index in [1.807, 2.05) is 10.8 Å². The van der Waals surface area contributed by atoms with E-state index in [9.17, 15) is 4.79 Å². The summed E-state index contributed by atoms with van der Waals surface area (Å²) >= 11 is 0. The number of likely N-dealkylation sites (N-methyl/N-ethyl adjacent to an activating group) is 1. The van der Waals surface area contributed by atoms with E-state index in [4.69, 9.17) is 5.73 Å². The van der Waals surface area contributed by atoms with Crippen LogP contribution < -0.4 is 11.1 Å². The van der Waals surface area contributed by atoms with Gasteiger partial charge < -0.3 is 15.6 Å². The van der Waals surface area contributed by atoms with Crippen LogP contribution in [0.5, 0.6) is 0 Å². The minimum Gasteiger partial charge on any atom is -0.397 e. The van der Waals surface area contributed by atoms with Gasteiger partial charge in [0, 0.05) is 25.3 Å². The van der Waals surface area contributed by atoms with E-state index in [0.717, 1.165) is 32.6 Å². The van der Waals surface area contributed by atoms with Crippen molar-refractivity contribution in [1.29, 1.82) is 0 Å². The number of carbonyl (C=O) groups is 1. The van der Waals surface area contributed by atoms with Crippen LogP contribution in [0.1, 0.15) is 43.6 Å². The number of rotatable bonds is 6. The average molecular weight is 278 g/mol. The van der Waals surface area contributed by atoms with Crippen LogP contribution in [0, 0.1) is 0 Å². The van der Waals surface area contributed by atoms with Crippen LogP contribution in [0.15, 0.2) is 12.3 Å². The van der Waals surface area contributed by atoms with Crippen LogP contribution in [0.2, 0.25) is 0 Å². The molecule has 0 saturated carbocycles. The molecular formula is C15H26N4O. The Balaban J connectivity index is 1.94. The number of amides is 1. The maximum Gasteiger partial charge on any atom is 0.268 e. The van der Waals surface area contributed by atoms with Crippen LogP contribution >= 0.6 is 0 Å². The Labute approximate surface area is 121 Å². The fourth-order valence-electron chi connectivity index (χ4n) is 2.99. The number of anilines is 1. The minimum atomic E-state index is -0.0156. The van der Waals surface area contributed by atoms with Gasteiger partial charge in [-0.1, -0.05) is 13.8 Å². The first-order chi connectivity index (χ1) is 9.65. The molecule has 20 heavy (non-hydrogen) atoms. The first kappa shape index (κ1) is 14.9. The van der Waals surface area contributed by atoms with Gasteiger partial charge in [0.2, 0.25) is 0 Å². The van der Waals surface area contributed by atoms with Gasteiger partial charge in [-0.05, 0) is 38.4 Å². The van der Waals surface area contributed by atoms with Crippen LogP contribution in [-0.4, -0.2) is 41.1 Å². The molecule has 5 heteroatoms. The third kappa shape index (κ3) is 3.33. The van der Waals surface area contributed by atoms with Crippen molar-refractivity contribution in [3.63, 3.8) is 0 Å². The molecule has 0 aromatic carbocycles. The molecule has 112 valence electrons. The van der Waals surface area contributed by atoms with Crippen LogP contribution in [0.3, 0.4) is 0 Å². The van der Waals surface area contributed by atoms with Crippen molar-refractivity contribution >= 4 is 11.6 Å². The summed E-state index contributed by atoms with van der Waals surface area (Å²) in [7, 11) is 0. The van der Waals surface area contributed by atoms with E-state index >= 15 is 0 Å². The van der Waals surface area contributed by atoms with Crippen LogP contribution in [0.25, 0.3) is 0 Å². The number of nitrogens with two attached hydrogens (primary N) is 1. The van der Waals surface area contributed by atoms with Crippen LogP contribution in [-0.2, 0) is 6.54 Å². The second kappa shape index (κ2) is 6.79. The second-order valence-corrected chi connectivity index (χ2v) is 5.49. The summed E-state index contributed by atoms with van der Waals surface area (Å²) in [6, 6.07) is 2.24. The molecule has 0 bridgehead atoms. The number of aryl methyl sites for hydroxylation is 1. The summed E-state index contributed by atoms with van der Waals surface area (Å²) in [5.74, 6) is -0.0156. The van der Waals surface area contributed by atoms with Gasteiger partial charge in [-0.2, -0.15) is 0 Å².